The highest BCUT2D eigenvalue weighted by molar-refractivity contribution is 7.48. The van der Waals surface area contributed by atoms with Crippen molar-refractivity contribution >= 4 is 57.6 Å². The molecule has 9 N–H and O–H groups in total. The molecule has 0 saturated carbocycles. The molecule has 0 amide bonds. The number of nitrogens with zero attached hydrogens (tertiary/aromatic N) is 7. The first kappa shape index (κ1) is 39.5. The predicted octanol–water partition coefficient (Wildman–Crippen LogP) is -0.397. The lowest BCUT2D eigenvalue weighted by molar-refractivity contribution is -0.0663. The number of aromatic amines is 1. The fourth-order valence-corrected chi connectivity index (χ4v) is 8.98. The Labute approximate surface area is 307 Å². The van der Waals surface area contributed by atoms with Crippen molar-refractivity contribution in [3.05, 3.63) is 29.3 Å². The van der Waals surface area contributed by atoms with Crippen LogP contribution < -0.4 is 17.0 Å². The standard InChI is InChI=1S/C26H33N10O16P3/c1-2-3-4-5-6-45-53(39,40)52-19-18-13(49-25(19)36-10-31-14-20(27)33-26(28)34-22(14)36)8-47-54(41,42)50-17-12(7-46-55(43,44)51-18)48-24(16(17)37)35-11-32-15-21(35)29-9-30-23(15)38/h1,9-13,16-19,24-25,37H,3-8H2,(H,39,40)(H,41,42)(H,43,44)(H,29,30,38)(H4,27,28,33,34)/t12-,13+,16-,17-,18+,19+,24-,25+/m0/s1. The van der Waals surface area contributed by atoms with Crippen LogP contribution in [-0.4, -0.2) is 115 Å². The van der Waals surface area contributed by atoms with Crippen LogP contribution in [0.25, 0.3) is 22.3 Å². The lowest BCUT2D eigenvalue weighted by atomic mass is 10.1. The molecule has 7 heterocycles. The number of fused-ring (bicyclic) bond motifs is 4. The molecule has 26 nitrogen and oxygen atoms in total. The number of hydrogen-bond donors (Lipinski definition) is 7. The molecule has 3 aliphatic heterocycles. The van der Waals surface area contributed by atoms with E-state index in [-0.39, 0.29) is 47.1 Å². The van der Waals surface area contributed by atoms with Gasteiger partial charge in [-0.15, -0.1) is 12.3 Å². The Morgan fingerprint density at radius 1 is 0.964 bits per heavy atom. The van der Waals surface area contributed by atoms with Gasteiger partial charge in [0, 0.05) is 6.42 Å². The average Bonchev–Trinajstić information content (AvgIpc) is 3.87. The number of aromatic nitrogens is 8. The highest BCUT2D eigenvalue weighted by Gasteiger charge is 2.56. The summed E-state index contributed by atoms with van der Waals surface area (Å²) in [6.07, 6.45) is -4.12. The smallest absolute Gasteiger partial charge is 0.386 e. The van der Waals surface area contributed by atoms with Gasteiger partial charge in [-0.2, -0.15) is 9.97 Å². The number of H-pyrrole nitrogens is 1. The molecule has 3 saturated heterocycles. The maximum atomic E-state index is 13.6. The number of terminal acetylenes is 1. The molecule has 4 aromatic heterocycles. The maximum absolute atomic E-state index is 13.6. The highest BCUT2D eigenvalue weighted by Crippen LogP contribution is 2.56. The van der Waals surface area contributed by atoms with E-state index in [1.165, 1.54) is 0 Å². The molecule has 11 atom stereocenters. The van der Waals surface area contributed by atoms with Gasteiger partial charge in [0.15, 0.2) is 35.1 Å². The minimum absolute atomic E-state index is 0.00986. The molecule has 4 aromatic rings. The third kappa shape index (κ3) is 8.23. The van der Waals surface area contributed by atoms with Crippen LogP contribution in [0.2, 0.25) is 0 Å². The van der Waals surface area contributed by atoms with Gasteiger partial charge in [0.25, 0.3) is 5.56 Å². The molecule has 0 spiro atoms. The molecule has 3 fully saturated rings. The van der Waals surface area contributed by atoms with E-state index in [0.29, 0.717) is 12.8 Å². The first-order valence-electron chi connectivity index (χ1n) is 16.1. The molecule has 3 unspecified atom stereocenters. The zero-order valence-corrected chi connectivity index (χ0v) is 30.7. The van der Waals surface area contributed by atoms with Gasteiger partial charge >= 0.3 is 23.5 Å². The van der Waals surface area contributed by atoms with Crippen LogP contribution in [0.4, 0.5) is 11.8 Å². The monoisotopic (exact) mass is 834 g/mol. The summed E-state index contributed by atoms with van der Waals surface area (Å²) in [5.74, 6) is 1.97. The minimum Gasteiger partial charge on any atom is -0.386 e. The van der Waals surface area contributed by atoms with Crippen molar-refractivity contribution in [1.82, 2.24) is 39.0 Å². The third-order valence-corrected chi connectivity index (χ3v) is 11.5. The van der Waals surface area contributed by atoms with Crippen molar-refractivity contribution in [2.24, 2.45) is 0 Å². The second-order valence-corrected chi connectivity index (χ2v) is 16.4. The first-order valence-corrected chi connectivity index (χ1v) is 20.6. The number of aliphatic hydroxyl groups is 1. The molecule has 3 aliphatic rings. The highest BCUT2D eigenvalue weighted by atomic mass is 31.2. The van der Waals surface area contributed by atoms with E-state index in [0.717, 1.165) is 28.1 Å². The van der Waals surface area contributed by atoms with Gasteiger partial charge in [0.05, 0.1) is 38.8 Å². The van der Waals surface area contributed by atoms with E-state index in [1.807, 2.05) is 0 Å². The number of phosphoric acid groups is 3. The van der Waals surface area contributed by atoms with Crippen molar-refractivity contribution in [3.8, 4) is 12.3 Å². The number of nitrogens with one attached hydrogen (secondary N) is 1. The topological polar surface area (TPSA) is 365 Å². The van der Waals surface area contributed by atoms with Crippen LogP contribution in [0.15, 0.2) is 23.8 Å². The molecule has 0 aliphatic carbocycles. The number of unbranched alkanes of at least 4 members (excludes halogenated alkanes) is 2. The van der Waals surface area contributed by atoms with Crippen LogP contribution in [0, 0.1) is 12.3 Å². The summed E-state index contributed by atoms with van der Waals surface area (Å²) < 4.78 is 86.3. The Bertz CT molecular complexity index is 2320. The second-order valence-electron chi connectivity index (χ2n) is 12.2. The van der Waals surface area contributed by atoms with Gasteiger partial charge in [-0.25, -0.2) is 28.6 Å². The van der Waals surface area contributed by atoms with Crippen molar-refractivity contribution in [2.45, 2.75) is 68.3 Å². The van der Waals surface area contributed by atoms with E-state index in [9.17, 15) is 38.3 Å². The summed E-state index contributed by atoms with van der Waals surface area (Å²) in [7, 11) is -15.6. The van der Waals surface area contributed by atoms with Crippen molar-refractivity contribution in [3.63, 3.8) is 0 Å². The average molecular weight is 835 g/mol. The lowest BCUT2D eigenvalue weighted by Gasteiger charge is -2.29. The Balaban J connectivity index is 1.20. The molecule has 0 radical (unpaired) electrons. The number of nitrogens with two attached hydrogens (primary N) is 2. The first-order chi connectivity index (χ1) is 26.1. The zero-order valence-electron chi connectivity index (χ0n) is 28.0. The van der Waals surface area contributed by atoms with Gasteiger partial charge in [0.1, 0.15) is 42.1 Å². The van der Waals surface area contributed by atoms with Gasteiger partial charge in [0.2, 0.25) is 5.95 Å². The van der Waals surface area contributed by atoms with Crippen LogP contribution in [0.5, 0.6) is 0 Å². The summed E-state index contributed by atoms with van der Waals surface area (Å²) >= 11 is 0. The third-order valence-electron chi connectivity index (χ3n) is 8.51. The zero-order chi connectivity index (χ0) is 39.3. The molecule has 7 rings (SSSR count). The number of ether oxygens (including phenoxy) is 2. The number of anilines is 2. The molecule has 298 valence electrons. The van der Waals surface area contributed by atoms with Gasteiger partial charge in [-0.3, -0.25) is 41.1 Å². The van der Waals surface area contributed by atoms with E-state index in [4.69, 9.17) is 54.5 Å². The Morgan fingerprint density at radius 3 is 2.31 bits per heavy atom. The fraction of sp³-hybridized carbons (Fsp3) is 0.538. The summed E-state index contributed by atoms with van der Waals surface area (Å²) in [4.78, 5) is 67.2. The summed E-state index contributed by atoms with van der Waals surface area (Å²) in [6.45, 7) is -2.19. The second kappa shape index (κ2) is 15.3. The largest absolute Gasteiger partial charge is 0.472 e. The molecule has 0 aromatic carbocycles. The molecular formula is C26H33N10O16P3. The molecular weight excluding hydrogens is 801 g/mol. The van der Waals surface area contributed by atoms with E-state index >= 15 is 0 Å². The van der Waals surface area contributed by atoms with Crippen LogP contribution >= 0.6 is 23.5 Å². The Morgan fingerprint density at radius 2 is 1.60 bits per heavy atom. The Kier molecular flexibility index (Phi) is 11.0. The SMILES string of the molecule is C#CCCCCOP(=O)(O)O[C@@H]1[C@@H]2OP(=O)(O)OC[C@@H]3O[C@H](n4cnc5c(=O)[nH]cnc54)[C@@H](O)[C@H]3OP(=O)(O)OC[C@H]2O[C@H]1n1cnc2c(N)nc(N)nc21. The van der Waals surface area contributed by atoms with Crippen LogP contribution in [-0.2, 0) is 50.3 Å². The normalized spacial score (nSPS) is 34.0. The quantitative estimate of drug-likeness (QED) is 0.0641. The summed E-state index contributed by atoms with van der Waals surface area (Å²) in [6, 6.07) is 0. The van der Waals surface area contributed by atoms with Crippen molar-refractivity contribution in [2.75, 3.05) is 31.3 Å². The number of imidazole rings is 2. The lowest BCUT2D eigenvalue weighted by Crippen LogP contribution is -2.39. The molecule has 29 heteroatoms. The fourth-order valence-electron chi connectivity index (χ4n) is 6.11. The van der Waals surface area contributed by atoms with Gasteiger partial charge < -0.3 is 45.7 Å². The van der Waals surface area contributed by atoms with Crippen molar-refractivity contribution in [1.29, 1.82) is 0 Å². The van der Waals surface area contributed by atoms with Crippen LogP contribution in [0.1, 0.15) is 31.7 Å². The number of hydrogen-bond acceptors (Lipinski definition) is 20. The molecule has 0 bridgehead atoms. The van der Waals surface area contributed by atoms with E-state index in [1.54, 1.807) is 0 Å². The summed E-state index contributed by atoms with van der Waals surface area (Å²) in [5.41, 5.74) is 10.9. The predicted molar refractivity (Wildman–Crippen MR) is 181 cm³/mol. The van der Waals surface area contributed by atoms with Gasteiger partial charge in [-0.05, 0) is 12.8 Å². The number of phosphoric ester groups is 3. The molecule has 55 heavy (non-hydrogen) atoms. The van der Waals surface area contributed by atoms with Gasteiger partial charge in [-0.1, -0.05) is 0 Å². The maximum Gasteiger partial charge on any atom is 0.472 e. The van der Waals surface area contributed by atoms with E-state index < -0.39 is 91.3 Å². The summed E-state index contributed by atoms with van der Waals surface area (Å²) in [5, 5.41) is 11.2. The number of rotatable bonds is 9. The van der Waals surface area contributed by atoms with Crippen molar-refractivity contribution < 1.29 is 70.1 Å². The number of aliphatic hydroxyl groups excluding tert-OH is 1. The Hall–Kier alpha value is -3.73. The van der Waals surface area contributed by atoms with Crippen LogP contribution in [0.3, 0.4) is 0 Å². The number of nitrogen functional groups attached to an aromatic ring is 2. The minimum atomic E-state index is -5.30. The van der Waals surface area contributed by atoms with E-state index in [2.05, 4.69) is 35.8 Å².